The number of hydrogen-bond donors (Lipinski definition) is 1. The largest absolute Gasteiger partial charge is 0.507 e. The third kappa shape index (κ3) is 2.21. The number of phenolic OH excluding ortho intramolecular Hbond substituents is 1. The van der Waals surface area contributed by atoms with Crippen LogP contribution in [0.2, 0.25) is 5.02 Å². The summed E-state index contributed by atoms with van der Waals surface area (Å²) in [4.78, 5) is 12.1. The Morgan fingerprint density at radius 3 is 2.50 bits per heavy atom. The Labute approximate surface area is 127 Å². The minimum atomic E-state index is -0.170. The quantitative estimate of drug-likeness (QED) is 0.698. The van der Waals surface area contributed by atoms with Crippen molar-refractivity contribution < 1.29 is 9.52 Å². The molecule has 0 amide bonds. The van der Waals surface area contributed by atoms with Gasteiger partial charge in [0.25, 0.3) is 0 Å². The third-order valence-electron chi connectivity index (χ3n) is 2.95. The minimum Gasteiger partial charge on any atom is -0.507 e. The average molecular weight is 352 g/mol. The van der Waals surface area contributed by atoms with Crippen molar-refractivity contribution in [2.45, 2.75) is 0 Å². The molecule has 2 aromatic carbocycles. The fourth-order valence-corrected chi connectivity index (χ4v) is 2.48. The predicted octanol–water partition coefficient (Wildman–Crippen LogP) is 4.58. The molecule has 0 radical (unpaired) electrons. The van der Waals surface area contributed by atoms with Crippen molar-refractivity contribution in [2.75, 3.05) is 0 Å². The fraction of sp³-hybridized carbons (Fsp3) is 0. The molecule has 3 rings (SSSR count). The van der Waals surface area contributed by atoms with Gasteiger partial charge in [0.15, 0.2) is 11.0 Å². The Hall–Kier alpha value is -1.78. The van der Waals surface area contributed by atoms with E-state index in [9.17, 15) is 9.90 Å². The summed E-state index contributed by atoms with van der Waals surface area (Å²) in [6.07, 6.45) is 0. The fourth-order valence-electron chi connectivity index (χ4n) is 1.93. The molecule has 0 atom stereocenters. The second-order valence-corrected chi connectivity index (χ2v) is 5.49. The van der Waals surface area contributed by atoms with Crippen molar-refractivity contribution in [1.82, 2.24) is 0 Å². The van der Waals surface area contributed by atoms with Gasteiger partial charge in [0, 0.05) is 16.7 Å². The molecule has 20 heavy (non-hydrogen) atoms. The molecule has 0 saturated heterocycles. The van der Waals surface area contributed by atoms with Gasteiger partial charge in [-0.25, -0.2) is 0 Å². The van der Waals surface area contributed by atoms with E-state index >= 15 is 0 Å². The first-order valence-electron chi connectivity index (χ1n) is 5.77. The molecule has 0 spiro atoms. The van der Waals surface area contributed by atoms with Crippen molar-refractivity contribution >= 4 is 38.5 Å². The molecule has 0 saturated carbocycles. The summed E-state index contributed by atoms with van der Waals surface area (Å²) < 4.78 is 6.09. The molecule has 1 N–H and O–H groups in total. The van der Waals surface area contributed by atoms with Crippen LogP contribution in [0.3, 0.4) is 0 Å². The minimum absolute atomic E-state index is 0.0221. The first kappa shape index (κ1) is 13.2. The van der Waals surface area contributed by atoms with Gasteiger partial charge in [0.1, 0.15) is 16.0 Å². The van der Waals surface area contributed by atoms with Crippen LogP contribution in [0.1, 0.15) is 0 Å². The van der Waals surface area contributed by atoms with E-state index in [-0.39, 0.29) is 11.2 Å². The van der Waals surface area contributed by atoms with Gasteiger partial charge in [-0.2, -0.15) is 0 Å². The van der Waals surface area contributed by atoms with Crippen LogP contribution in [0.4, 0.5) is 0 Å². The maximum Gasteiger partial charge on any atom is 0.193 e. The highest BCUT2D eigenvalue weighted by atomic mass is 79.9. The molecule has 0 bridgehead atoms. The van der Waals surface area contributed by atoms with E-state index in [0.29, 0.717) is 26.2 Å². The van der Waals surface area contributed by atoms with Gasteiger partial charge in [-0.05, 0) is 52.3 Å². The molecule has 0 aliphatic heterocycles. The SMILES string of the molecule is O=c1cc(-c2ccc(Cl)cc2)oc2c(Br)c(O)ccc12. The summed E-state index contributed by atoms with van der Waals surface area (Å²) in [5, 5.41) is 10.7. The summed E-state index contributed by atoms with van der Waals surface area (Å²) in [5.41, 5.74) is 0.892. The topological polar surface area (TPSA) is 50.4 Å². The van der Waals surface area contributed by atoms with Crippen molar-refractivity contribution in [3.8, 4) is 17.1 Å². The van der Waals surface area contributed by atoms with Crippen LogP contribution < -0.4 is 5.43 Å². The van der Waals surface area contributed by atoms with Gasteiger partial charge in [-0.1, -0.05) is 11.6 Å². The molecule has 5 heteroatoms. The van der Waals surface area contributed by atoms with E-state index in [2.05, 4.69) is 15.9 Å². The average Bonchev–Trinajstić information content (AvgIpc) is 2.44. The second-order valence-electron chi connectivity index (χ2n) is 4.26. The Kier molecular flexibility index (Phi) is 3.28. The first-order chi connectivity index (χ1) is 9.56. The summed E-state index contributed by atoms with van der Waals surface area (Å²) >= 11 is 9.07. The normalized spacial score (nSPS) is 10.9. The van der Waals surface area contributed by atoms with Gasteiger partial charge in [-0.15, -0.1) is 0 Å². The van der Waals surface area contributed by atoms with E-state index in [1.807, 2.05) is 0 Å². The highest BCUT2D eigenvalue weighted by molar-refractivity contribution is 9.10. The van der Waals surface area contributed by atoms with E-state index in [4.69, 9.17) is 16.0 Å². The maximum atomic E-state index is 12.1. The van der Waals surface area contributed by atoms with Gasteiger partial charge in [0.05, 0.1) is 5.39 Å². The zero-order valence-corrected chi connectivity index (χ0v) is 12.4. The highest BCUT2D eigenvalue weighted by Gasteiger charge is 2.12. The predicted molar refractivity (Wildman–Crippen MR) is 82.3 cm³/mol. The maximum absolute atomic E-state index is 12.1. The molecule has 0 aliphatic rings. The van der Waals surface area contributed by atoms with E-state index in [1.165, 1.54) is 18.2 Å². The van der Waals surface area contributed by atoms with Crippen molar-refractivity contribution in [1.29, 1.82) is 0 Å². The Balaban J connectivity index is 2.31. The van der Waals surface area contributed by atoms with Crippen LogP contribution in [0, 0.1) is 0 Å². The van der Waals surface area contributed by atoms with Gasteiger partial charge < -0.3 is 9.52 Å². The van der Waals surface area contributed by atoms with Gasteiger partial charge in [-0.3, -0.25) is 4.79 Å². The highest BCUT2D eigenvalue weighted by Crippen LogP contribution is 2.33. The third-order valence-corrected chi connectivity index (χ3v) is 3.96. The lowest BCUT2D eigenvalue weighted by molar-refractivity contribution is 0.470. The van der Waals surface area contributed by atoms with Crippen LogP contribution >= 0.6 is 27.5 Å². The molecule has 0 fully saturated rings. The molecular weight excluding hydrogens is 344 g/mol. The zero-order chi connectivity index (χ0) is 14.3. The molecule has 3 nitrogen and oxygen atoms in total. The van der Waals surface area contributed by atoms with Crippen LogP contribution in [-0.4, -0.2) is 5.11 Å². The second kappa shape index (κ2) is 4.96. The number of rotatable bonds is 1. The van der Waals surface area contributed by atoms with E-state index < -0.39 is 0 Å². The molecule has 3 aromatic rings. The summed E-state index contributed by atoms with van der Waals surface area (Å²) in [7, 11) is 0. The molecular formula is C15H8BrClO3. The lowest BCUT2D eigenvalue weighted by Crippen LogP contribution is -2.00. The lowest BCUT2D eigenvalue weighted by atomic mass is 10.1. The first-order valence-corrected chi connectivity index (χ1v) is 6.94. The number of halogens is 2. The Morgan fingerprint density at radius 1 is 1.10 bits per heavy atom. The van der Waals surface area contributed by atoms with Gasteiger partial charge in [0.2, 0.25) is 0 Å². The van der Waals surface area contributed by atoms with Crippen molar-refractivity contribution in [2.24, 2.45) is 0 Å². The van der Waals surface area contributed by atoms with Gasteiger partial charge >= 0.3 is 0 Å². The standard InChI is InChI=1S/C15H8BrClO3/c16-14-11(18)6-5-10-12(19)7-13(20-15(10)14)8-1-3-9(17)4-2-8/h1-7,18H. The molecule has 1 aromatic heterocycles. The number of fused-ring (bicyclic) bond motifs is 1. The van der Waals surface area contributed by atoms with Crippen molar-refractivity contribution in [3.05, 3.63) is 62.2 Å². The Morgan fingerprint density at radius 2 is 1.80 bits per heavy atom. The molecule has 100 valence electrons. The summed E-state index contributed by atoms with van der Waals surface area (Å²) in [6.45, 7) is 0. The van der Waals surface area contributed by atoms with Crippen LogP contribution in [-0.2, 0) is 0 Å². The van der Waals surface area contributed by atoms with Crippen LogP contribution in [0.25, 0.3) is 22.3 Å². The van der Waals surface area contributed by atoms with E-state index in [0.717, 1.165) is 5.56 Å². The smallest absolute Gasteiger partial charge is 0.193 e. The zero-order valence-electron chi connectivity index (χ0n) is 10.1. The molecule has 0 unspecified atom stereocenters. The number of phenols is 1. The number of benzene rings is 2. The van der Waals surface area contributed by atoms with Crippen LogP contribution in [0.15, 0.2) is 56.1 Å². The summed E-state index contributed by atoms with van der Waals surface area (Å²) in [6, 6.07) is 11.4. The molecule has 0 aliphatic carbocycles. The lowest BCUT2D eigenvalue weighted by Gasteiger charge is -2.05. The van der Waals surface area contributed by atoms with Crippen molar-refractivity contribution in [3.63, 3.8) is 0 Å². The monoisotopic (exact) mass is 350 g/mol. The molecule has 1 heterocycles. The van der Waals surface area contributed by atoms with E-state index in [1.54, 1.807) is 24.3 Å². The van der Waals surface area contributed by atoms with Crippen LogP contribution in [0.5, 0.6) is 5.75 Å². The summed E-state index contributed by atoms with van der Waals surface area (Å²) in [5.74, 6) is 0.444. The Bertz CT molecular complexity index is 853. The number of aromatic hydroxyl groups is 1. The number of hydrogen-bond acceptors (Lipinski definition) is 3.